The SMILES string of the molecule is Cc1ccc(/C=C(\C#N)C(=O)NCC[NH+]2CCOCC2)cc1. The average Bonchev–Trinajstić information content (AvgIpc) is 2.55. The topological polar surface area (TPSA) is 66.6 Å². The van der Waals surface area contributed by atoms with Crippen molar-refractivity contribution in [3.8, 4) is 6.07 Å². The zero-order valence-electron chi connectivity index (χ0n) is 12.9. The summed E-state index contributed by atoms with van der Waals surface area (Å²) in [6.07, 6.45) is 1.62. The Labute approximate surface area is 131 Å². The molecule has 0 aliphatic carbocycles. The van der Waals surface area contributed by atoms with E-state index in [1.54, 1.807) is 6.08 Å². The first kappa shape index (κ1) is 16.2. The molecule has 1 aliphatic heterocycles. The number of morpholine rings is 1. The number of rotatable bonds is 5. The summed E-state index contributed by atoms with van der Waals surface area (Å²) in [7, 11) is 0. The molecule has 1 aliphatic rings. The molecule has 22 heavy (non-hydrogen) atoms. The fraction of sp³-hybridized carbons (Fsp3) is 0.412. The van der Waals surface area contributed by atoms with E-state index in [-0.39, 0.29) is 11.5 Å². The summed E-state index contributed by atoms with van der Waals surface area (Å²) in [5.41, 5.74) is 2.14. The number of nitrogens with zero attached hydrogens (tertiary/aromatic N) is 1. The van der Waals surface area contributed by atoms with E-state index in [2.05, 4.69) is 5.32 Å². The molecule has 5 nitrogen and oxygen atoms in total. The quantitative estimate of drug-likeness (QED) is 0.591. The van der Waals surface area contributed by atoms with Gasteiger partial charge in [-0.3, -0.25) is 4.79 Å². The zero-order valence-corrected chi connectivity index (χ0v) is 12.9. The summed E-state index contributed by atoms with van der Waals surface area (Å²) in [6, 6.07) is 9.69. The van der Waals surface area contributed by atoms with E-state index < -0.39 is 0 Å². The number of aryl methyl sites for hydroxylation is 1. The van der Waals surface area contributed by atoms with Gasteiger partial charge in [0.25, 0.3) is 5.91 Å². The molecule has 2 N–H and O–H groups in total. The first-order chi connectivity index (χ1) is 10.7. The summed E-state index contributed by atoms with van der Waals surface area (Å²) >= 11 is 0. The van der Waals surface area contributed by atoms with Gasteiger partial charge in [0.15, 0.2) is 0 Å². The van der Waals surface area contributed by atoms with Gasteiger partial charge in [-0.15, -0.1) is 0 Å². The maximum atomic E-state index is 12.1. The Morgan fingerprint density at radius 2 is 2.05 bits per heavy atom. The van der Waals surface area contributed by atoms with Crippen LogP contribution in [-0.2, 0) is 9.53 Å². The lowest BCUT2D eigenvalue weighted by Gasteiger charge is -2.23. The van der Waals surface area contributed by atoms with Crippen LogP contribution >= 0.6 is 0 Å². The number of hydrogen-bond acceptors (Lipinski definition) is 3. The molecule has 0 atom stereocenters. The number of hydrogen-bond donors (Lipinski definition) is 2. The first-order valence-electron chi connectivity index (χ1n) is 7.57. The lowest BCUT2D eigenvalue weighted by Crippen LogP contribution is -3.14. The van der Waals surface area contributed by atoms with Crippen LogP contribution in [0.3, 0.4) is 0 Å². The van der Waals surface area contributed by atoms with Crippen LogP contribution in [0.2, 0.25) is 0 Å². The largest absolute Gasteiger partial charge is 0.370 e. The van der Waals surface area contributed by atoms with E-state index in [0.717, 1.165) is 44.0 Å². The molecule has 2 rings (SSSR count). The summed E-state index contributed by atoms with van der Waals surface area (Å²) in [6.45, 7) is 6.93. The monoisotopic (exact) mass is 300 g/mol. The normalized spacial score (nSPS) is 16.1. The Balaban J connectivity index is 1.86. The van der Waals surface area contributed by atoms with Crippen molar-refractivity contribution in [2.75, 3.05) is 39.4 Å². The van der Waals surface area contributed by atoms with Gasteiger partial charge in [-0.05, 0) is 18.6 Å². The molecule has 0 bridgehead atoms. The Morgan fingerprint density at radius 3 is 2.68 bits per heavy atom. The lowest BCUT2D eigenvalue weighted by molar-refractivity contribution is -0.906. The van der Waals surface area contributed by atoms with Gasteiger partial charge in [0.1, 0.15) is 24.7 Å². The van der Waals surface area contributed by atoms with Crippen molar-refractivity contribution in [3.05, 3.63) is 41.0 Å². The number of nitriles is 1. The Kier molecular flexibility index (Phi) is 6.13. The molecule has 5 heteroatoms. The van der Waals surface area contributed by atoms with Crippen LogP contribution in [0.15, 0.2) is 29.8 Å². The van der Waals surface area contributed by atoms with Gasteiger partial charge < -0.3 is 15.0 Å². The molecule has 1 heterocycles. The van der Waals surface area contributed by atoms with Crippen molar-refractivity contribution in [2.24, 2.45) is 0 Å². The van der Waals surface area contributed by atoms with Crippen LogP contribution in [-0.4, -0.2) is 45.3 Å². The number of benzene rings is 1. The van der Waals surface area contributed by atoms with Crippen molar-refractivity contribution in [1.82, 2.24) is 5.32 Å². The Morgan fingerprint density at radius 1 is 1.36 bits per heavy atom. The number of quaternary nitrogens is 1. The smallest absolute Gasteiger partial charge is 0.262 e. The Bertz CT molecular complexity index is 567. The lowest BCUT2D eigenvalue weighted by atomic mass is 10.1. The summed E-state index contributed by atoms with van der Waals surface area (Å²) < 4.78 is 5.30. The molecular formula is C17H22N3O2+. The van der Waals surface area contributed by atoms with Gasteiger partial charge in [-0.2, -0.15) is 5.26 Å². The second-order valence-electron chi connectivity index (χ2n) is 5.45. The molecule has 1 saturated heterocycles. The number of carbonyl (C=O) groups excluding carboxylic acids is 1. The van der Waals surface area contributed by atoms with Crippen LogP contribution in [0, 0.1) is 18.3 Å². The zero-order chi connectivity index (χ0) is 15.8. The molecule has 1 fully saturated rings. The van der Waals surface area contributed by atoms with Gasteiger partial charge in [0.05, 0.1) is 26.3 Å². The van der Waals surface area contributed by atoms with Crippen molar-refractivity contribution >= 4 is 12.0 Å². The van der Waals surface area contributed by atoms with E-state index in [9.17, 15) is 4.79 Å². The van der Waals surface area contributed by atoms with Gasteiger partial charge >= 0.3 is 0 Å². The predicted octanol–water partition coefficient (Wildman–Crippen LogP) is -0.0667. The molecule has 1 aromatic rings. The van der Waals surface area contributed by atoms with Crippen molar-refractivity contribution < 1.29 is 14.4 Å². The molecule has 0 saturated carbocycles. The molecule has 116 valence electrons. The first-order valence-corrected chi connectivity index (χ1v) is 7.57. The standard InChI is InChI=1S/C17H21N3O2/c1-14-2-4-15(5-3-14)12-16(13-18)17(21)19-6-7-20-8-10-22-11-9-20/h2-5,12H,6-11H2,1H3,(H,19,21)/p+1/b16-12+. The summed E-state index contributed by atoms with van der Waals surface area (Å²) in [5.74, 6) is -0.310. The molecule has 1 amide bonds. The van der Waals surface area contributed by atoms with Crippen molar-refractivity contribution in [1.29, 1.82) is 5.26 Å². The second-order valence-corrected chi connectivity index (χ2v) is 5.45. The van der Waals surface area contributed by atoms with Crippen LogP contribution in [0.4, 0.5) is 0 Å². The van der Waals surface area contributed by atoms with E-state index in [1.807, 2.05) is 37.3 Å². The van der Waals surface area contributed by atoms with Gasteiger partial charge in [-0.25, -0.2) is 0 Å². The van der Waals surface area contributed by atoms with Crippen LogP contribution < -0.4 is 10.2 Å². The molecule has 0 unspecified atom stereocenters. The minimum absolute atomic E-state index is 0.140. The van der Waals surface area contributed by atoms with Gasteiger partial charge in [0.2, 0.25) is 0 Å². The predicted molar refractivity (Wildman–Crippen MR) is 84.2 cm³/mol. The third-order valence-electron chi connectivity index (χ3n) is 3.72. The average molecular weight is 300 g/mol. The van der Waals surface area contributed by atoms with E-state index in [4.69, 9.17) is 10.00 Å². The highest BCUT2D eigenvalue weighted by Gasteiger charge is 2.14. The number of carbonyl (C=O) groups is 1. The molecular weight excluding hydrogens is 278 g/mol. The molecule has 0 radical (unpaired) electrons. The number of ether oxygens (including phenoxy) is 1. The van der Waals surface area contributed by atoms with Gasteiger partial charge in [0, 0.05) is 0 Å². The van der Waals surface area contributed by atoms with E-state index in [1.165, 1.54) is 4.90 Å². The van der Waals surface area contributed by atoms with Crippen LogP contribution in [0.5, 0.6) is 0 Å². The maximum absolute atomic E-state index is 12.1. The third-order valence-corrected chi connectivity index (χ3v) is 3.72. The highest BCUT2D eigenvalue weighted by atomic mass is 16.5. The van der Waals surface area contributed by atoms with Crippen molar-refractivity contribution in [2.45, 2.75) is 6.92 Å². The third kappa shape index (κ3) is 4.99. The van der Waals surface area contributed by atoms with Crippen molar-refractivity contribution in [3.63, 3.8) is 0 Å². The molecule has 0 aromatic heterocycles. The van der Waals surface area contributed by atoms with Crippen LogP contribution in [0.25, 0.3) is 6.08 Å². The minimum Gasteiger partial charge on any atom is -0.370 e. The highest BCUT2D eigenvalue weighted by Crippen LogP contribution is 2.08. The fourth-order valence-corrected chi connectivity index (χ4v) is 2.34. The van der Waals surface area contributed by atoms with Gasteiger partial charge in [-0.1, -0.05) is 29.8 Å². The molecule has 0 spiro atoms. The number of amides is 1. The summed E-state index contributed by atoms with van der Waals surface area (Å²) in [5, 5.41) is 12.0. The van der Waals surface area contributed by atoms with Crippen LogP contribution in [0.1, 0.15) is 11.1 Å². The maximum Gasteiger partial charge on any atom is 0.262 e. The molecule has 1 aromatic carbocycles. The fourth-order valence-electron chi connectivity index (χ4n) is 2.34. The number of nitrogens with one attached hydrogen (secondary N) is 2. The summed E-state index contributed by atoms with van der Waals surface area (Å²) in [4.78, 5) is 13.5. The second kappa shape index (κ2) is 8.32. The van der Waals surface area contributed by atoms with E-state index >= 15 is 0 Å². The highest BCUT2D eigenvalue weighted by molar-refractivity contribution is 6.01. The Hall–Kier alpha value is -2.16. The van der Waals surface area contributed by atoms with E-state index in [0.29, 0.717) is 6.54 Å². The minimum atomic E-state index is -0.310.